The van der Waals surface area contributed by atoms with E-state index in [-0.39, 0.29) is 44.1 Å². The van der Waals surface area contributed by atoms with Crippen LogP contribution in [0.3, 0.4) is 0 Å². The van der Waals surface area contributed by atoms with Gasteiger partial charge < -0.3 is 5.11 Å². The molecule has 0 aliphatic carbocycles. The lowest BCUT2D eigenvalue weighted by Gasteiger charge is -2.14. The van der Waals surface area contributed by atoms with E-state index in [9.17, 15) is 10.4 Å². The number of aromatic hydroxyl groups is 1. The minimum Gasteiger partial charge on any atom is -0.492 e. The van der Waals surface area contributed by atoms with Crippen molar-refractivity contribution in [2.24, 2.45) is 10.2 Å². The number of hydrogen-bond donors (Lipinski definition) is 2. The van der Waals surface area contributed by atoms with Gasteiger partial charge in [0.2, 0.25) is 5.88 Å². The maximum atomic E-state index is 10.6. The van der Waals surface area contributed by atoms with Gasteiger partial charge in [0, 0.05) is 10.4 Å². The summed E-state index contributed by atoms with van der Waals surface area (Å²) in [6.07, 6.45) is 0. The predicted octanol–water partition coefficient (Wildman–Crippen LogP) is 6.15. The third-order valence-corrected chi connectivity index (χ3v) is 4.81. The van der Waals surface area contributed by atoms with Crippen molar-refractivity contribution in [3.8, 4) is 17.6 Å². The van der Waals surface area contributed by atoms with Gasteiger partial charge in [0.05, 0.1) is 21.4 Å². The van der Waals surface area contributed by atoms with Crippen LogP contribution in [-0.4, -0.2) is 25.1 Å². The maximum absolute atomic E-state index is 10.6. The lowest BCUT2D eigenvalue weighted by Crippen LogP contribution is -2.13. The normalized spacial score (nSPS) is 11.9. The van der Waals surface area contributed by atoms with Gasteiger partial charge in [-0.15, -0.1) is 10.2 Å². The van der Waals surface area contributed by atoms with E-state index in [2.05, 4.69) is 31.6 Å². The third kappa shape index (κ3) is 3.94. The summed E-state index contributed by atoms with van der Waals surface area (Å²) in [5, 5.41) is 40.1. The molecule has 0 aliphatic rings. The highest BCUT2D eigenvalue weighted by atomic mass is 35.5. The van der Waals surface area contributed by atoms with E-state index in [1.807, 2.05) is 20.8 Å². The molecule has 29 heavy (non-hydrogen) atoms. The molecule has 0 radical (unpaired) electrons. The lowest BCUT2D eigenvalue weighted by atomic mass is 9.90. The van der Waals surface area contributed by atoms with Gasteiger partial charge in [0.25, 0.3) is 0 Å². The van der Waals surface area contributed by atoms with E-state index in [1.165, 1.54) is 12.1 Å². The Morgan fingerprint density at radius 1 is 1.17 bits per heavy atom. The van der Waals surface area contributed by atoms with Crippen molar-refractivity contribution in [1.82, 2.24) is 20.0 Å². The predicted molar refractivity (Wildman–Crippen MR) is 111 cm³/mol. The maximum Gasteiger partial charge on any atom is 0.243 e. The van der Waals surface area contributed by atoms with Crippen LogP contribution >= 0.6 is 34.8 Å². The zero-order valence-corrected chi connectivity index (χ0v) is 18.2. The second-order valence-corrected chi connectivity index (χ2v) is 8.50. The molecule has 0 atom stereocenters. The molecule has 0 amide bonds. The lowest BCUT2D eigenvalue weighted by molar-refractivity contribution is 0.434. The van der Waals surface area contributed by atoms with Gasteiger partial charge >= 0.3 is 0 Å². The Hall–Kier alpha value is -2.60. The standard InChI is InChI=1S/C18H16Cl3N7O/c1-8-13(23-25-16-10(7-22)15(24-26-16)18(2,3)4)17(29)28(27-8)14-11(20)5-9(19)6-12(14)21/h5-6,29H,1-4H3,(H,24,26)/b25-23+. The molecule has 0 unspecified atom stereocenters. The zero-order chi connectivity index (χ0) is 21.5. The first-order valence-electron chi connectivity index (χ1n) is 8.38. The smallest absolute Gasteiger partial charge is 0.243 e. The molecule has 1 aromatic carbocycles. The van der Waals surface area contributed by atoms with Crippen LogP contribution in [-0.2, 0) is 5.41 Å². The monoisotopic (exact) mass is 451 g/mol. The highest BCUT2D eigenvalue weighted by Crippen LogP contribution is 2.39. The molecule has 0 saturated carbocycles. The van der Waals surface area contributed by atoms with Crippen LogP contribution in [0.1, 0.15) is 37.7 Å². The van der Waals surface area contributed by atoms with E-state index < -0.39 is 0 Å². The van der Waals surface area contributed by atoms with E-state index in [4.69, 9.17) is 34.8 Å². The first-order valence-corrected chi connectivity index (χ1v) is 9.52. The van der Waals surface area contributed by atoms with E-state index >= 15 is 0 Å². The number of nitrogens with zero attached hydrogens (tertiary/aromatic N) is 6. The molecule has 8 nitrogen and oxygen atoms in total. The number of aromatic amines is 1. The molecule has 0 fully saturated rings. The molecule has 3 aromatic rings. The van der Waals surface area contributed by atoms with Gasteiger partial charge in [-0.1, -0.05) is 55.6 Å². The number of azo groups is 1. The van der Waals surface area contributed by atoms with E-state index in [1.54, 1.807) is 6.92 Å². The fourth-order valence-corrected chi connectivity index (χ4v) is 3.65. The molecule has 150 valence electrons. The number of nitriles is 1. The van der Waals surface area contributed by atoms with Crippen LogP contribution in [0.25, 0.3) is 5.69 Å². The summed E-state index contributed by atoms with van der Waals surface area (Å²) in [6, 6.07) is 5.06. The number of aryl methyl sites for hydroxylation is 1. The minimum atomic E-state index is -0.347. The fourth-order valence-electron chi connectivity index (χ4n) is 2.67. The van der Waals surface area contributed by atoms with Crippen molar-refractivity contribution >= 4 is 46.3 Å². The fraction of sp³-hybridized carbons (Fsp3) is 0.278. The van der Waals surface area contributed by atoms with Crippen LogP contribution in [0.15, 0.2) is 22.4 Å². The Bertz CT molecular complexity index is 1140. The number of H-pyrrole nitrogens is 1. The van der Waals surface area contributed by atoms with Crippen molar-refractivity contribution in [3.63, 3.8) is 0 Å². The van der Waals surface area contributed by atoms with Crippen molar-refractivity contribution in [1.29, 1.82) is 5.26 Å². The average molecular weight is 453 g/mol. The largest absolute Gasteiger partial charge is 0.492 e. The molecule has 11 heteroatoms. The highest BCUT2D eigenvalue weighted by Gasteiger charge is 2.25. The summed E-state index contributed by atoms with van der Waals surface area (Å²) in [4.78, 5) is 0. The second-order valence-electron chi connectivity index (χ2n) is 7.25. The molecule has 0 saturated heterocycles. The van der Waals surface area contributed by atoms with Gasteiger partial charge in [-0.05, 0) is 19.1 Å². The van der Waals surface area contributed by atoms with Crippen LogP contribution in [0.2, 0.25) is 15.1 Å². The number of hydrogen-bond acceptors (Lipinski definition) is 6. The summed E-state index contributed by atoms with van der Waals surface area (Å²) in [6.45, 7) is 7.45. The van der Waals surface area contributed by atoms with E-state index in [0.29, 0.717) is 16.4 Å². The number of halogens is 3. The summed E-state index contributed by atoms with van der Waals surface area (Å²) in [7, 11) is 0. The number of nitrogens with one attached hydrogen (secondary N) is 1. The first-order chi connectivity index (χ1) is 13.5. The molecule has 2 heterocycles. The highest BCUT2D eigenvalue weighted by molar-refractivity contribution is 6.40. The third-order valence-electron chi connectivity index (χ3n) is 4.02. The van der Waals surface area contributed by atoms with Gasteiger partial charge in [0.15, 0.2) is 11.5 Å². The minimum absolute atomic E-state index is 0.0999. The van der Waals surface area contributed by atoms with Crippen LogP contribution in [0.5, 0.6) is 5.88 Å². The number of aromatic nitrogens is 4. The Labute approximate surface area is 181 Å². The Morgan fingerprint density at radius 3 is 2.34 bits per heavy atom. The summed E-state index contributed by atoms with van der Waals surface area (Å²) in [5.41, 5.74) is 1.25. The summed E-state index contributed by atoms with van der Waals surface area (Å²) in [5.74, 6) is -0.127. The van der Waals surface area contributed by atoms with Crippen molar-refractivity contribution in [2.45, 2.75) is 33.1 Å². The SMILES string of the molecule is Cc1nn(-c2c(Cl)cc(Cl)cc2Cl)c(O)c1/N=N/c1[nH]nc(C(C)(C)C)c1C#N. The molecule has 0 bridgehead atoms. The van der Waals surface area contributed by atoms with Crippen LogP contribution < -0.4 is 0 Å². The van der Waals surface area contributed by atoms with Crippen molar-refractivity contribution in [3.05, 3.63) is 44.2 Å². The number of benzene rings is 1. The molecular formula is C18H16Cl3N7O. The van der Waals surface area contributed by atoms with Gasteiger partial charge in [-0.25, -0.2) is 0 Å². The Morgan fingerprint density at radius 2 is 1.79 bits per heavy atom. The van der Waals surface area contributed by atoms with E-state index in [0.717, 1.165) is 4.68 Å². The van der Waals surface area contributed by atoms with Gasteiger partial charge in [-0.2, -0.15) is 20.1 Å². The van der Waals surface area contributed by atoms with Crippen molar-refractivity contribution < 1.29 is 5.11 Å². The second kappa shape index (κ2) is 7.67. The molecule has 0 spiro atoms. The van der Waals surface area contributed by atoms with Crippen LogP contribution in [0, 0.1) is 18.3 Å². The van der Waals surface area contributed by atoms with Gasteiger partial charge in [0.1, 0.15) is 17.3 Å². The zero-order valence-electron chi connectivity index (χ0n) is 15.9. The Kier molecular flexibility index (Phi) is 5.59. The van der Waals surface area contributed by atoms with Crippen molar-refractivity contribution in [2.75, 3.05) is 0 Å². The summed E-state index contributed by atoms with van der Waals surface area (Å²) < 4.78 is 1.16. The topological polar surface area (TPSA) is 115 Å². The van der Waals surface area contributed by atoms with Crippen LogP contribution in [0.4, 0.5) is 11.5 Å². The molecular weight excluding hydrogens is 437 g/mol. The first kappa shape index (κ1) is 21.1. The Balaban J connectivity index is 2.06. The number of rotatable bonds is 3. The molecule has 2 N–H and O–H groups in total. The molecule has 3 rings (SSSR count). The average Bonchev–Trinajstić information content (AvgIpc) is 3.13. The summed E-state index contributed by atoms with van der Waals surface area (Å²) >= 11 is 18.4. The molecule has 0 aliphatic heterocycles. The molecule has 2 aromatic heterocycles. The quantitative estimate of drug-likeness (QED) is 0.463. The van der Waals surface area contributed by atoms with Gasteiger partial charge in [-0.3, -0.25) is 5.10 Å².